The standard InChI is InChI=1S/C27H27ClN2O5/c1-16-11-25(34-15-19-14-30(3)23-6-4-5-7-24(23)35-19)17(2)10-20(16)27(33)29-22-12-18(13-26(31)32)8-9-21(22)28/h4-12,19H,13-15H2,1-3H3,(H,29,33)(H,31,32)/t19-/m0/s1. The Kier molecular flexibility index (Phi) is 7.17. The summed E-state index contributed by atoms with van der Waals surface area (Å²) in [5.41, 5.74) is 4.01. The summed E-state index contributed by atoms with van der Waals surface area (Å²) in [4.78, 5) is 26.1. The molecule has 0 fully saturated rings. The summed E-state index contributed by atoms with van der Waals surface area (Å²) in [5, 5.41) is 12.2. The van der Waals surface area contributed by atoms with Crippen molar-refractivity contribution in [1.29, 1.82) is 0 Å². The third-order valence-corrected chi connectivity index (χ3v) is 6.20. The van der Waals surface area contributed by atoms with Gasteiger partial charge in [0.1, 0.15) is 24.2 Å². The van der Waals surface area contributed by atoms with E-state index in [-0.39, 0.29) is 18.4 Å². The van der Waals surface area contributed by atoms with Crippen LogP contribution in [0.4, 0.5) is 11.4 Å². The lowest BCUT2D eigenvalue weighted by Crippen LogP contribution is -2.41. The Morgan fingerprint density at radius 2 is 1.91 bits per heavy atom. The van der Waals surface area contributed by atoms with Crippen molar-refractivity contribution in [3.63, 3.8) is 0 Å². The number of halogens is 1. The molecule has 0 aliphatic carbocycles. The summed E-state index contributed by atoms with van der Waals surface area (Å²) in [6.45, 7) is 4.80. The molecule has 1 amide bonds. The first kappa shape index (κ1) is 24.4. The molecule has 0 aromatic heterocycles. The van der Waals surface area contributed by atoms with Crippen LogP contribution >= 0.6 is 11.6 Å². The van der Waals surface area contributed by atoms with Gasteiger partial charge in [0.25, 0.3) is 5.91 Å². The van der Waals surface area contributed by atoms with Gasteiger partial charge in [-0.15, -0.1) is 0 Å². The number of nitrogens with zero attached hydrogens (tertiary/aromatic N) is 1. The lowest BCUT2D eigenvalue weighted by atomic mass is 10.0. The van der Waals surface area contributed by atoms with Crippen molar-refractivity contribution in [2.75, 3.05) is 30.4 Å². The number of aryl methyl sites for hydroxylation is 2. The number of anilines is 2. The van der Waals surface area contributed by atoms with Gasteiger partial charge in [-0.1, -0.05) is 29.8 Å². The number of carboxylic acid groups (broad SMARTS) is 1. The average molecular weight is 495 g/mol. The molecule has 0 bridgehead atoms. The quantitative estimate of drug-likeness (QED) is 0.474. The molecule has 1 aliphatic rings. The fourth-order valence-corrected chi connectivity index (χ4v) is 4.26. The molecular formula is C27H27ClN2O5. The molecule has 35 heavy (non-hydrogen) atoms. The molecule has 3 aromatic carbocycles. The third-order valence-electron chi connectivity index (χ3n) is 5.87. The zero-order valence-corrected chi connectivity index (χ0v) is 20.6. The number of benzene rings is 3. The first-order chi connectivity index (χ1) is 16.7. The highest BCUT2D eigenvalue weighted by atomic mass is 35.5. The third kappa shape index (κ3) is 5.69. The summed E-state index contributed by atoms with van der Waals surface area (Å²) in [7, 11) is 2.03. The molecule has 182 valence electrons. The molecular weight excluding hydrogens is 468 g/mol. The van der Waals surface area contributed by atoms with E-state index in [4.69, 9.17) is 26.2 Å². The molecule has 4 rings (SSSR count). The Hall–Kier alpha value is -3.71. The second-order valence-corrected chi connectivity index (χ2v) is 9.08. The lowest BCUT2D eigenvalue weighted by Gasteiger charge is -2.33. The van der Waals surface area contributed by atoms with Gasteiger partial charge in [-0.05, 0) is 66.9 Å². The van der Waals surface area contributed by atoms with Gasteiger partial charge in [-0.25, -0.2) is 0 Å². The van der Waals surface area contributed by atoms with E-state index in [0.717, 1.165) is 22.6 Å². The molecule has 1 aliphatic heterocycles. The van der Waals surface area contributed by atoms with Gasteiger partial charge in [0.2, 0.25) is 0 Å². The van der Waals surface area contributed by atoms with Crippen molar-refractivity contribution in [2.45, 2.75) is 26.4 Å². The zero-order valence-electron chi connectivity index (χ0n) is 19.8. The maximum atomic E-state index is 13.0. The Morgan fingerprint density at radius 3 is 2.69 bits per heavy atom. The number of rotatable bonds is 7. The van der Waals surface area contributed by atoms with E-state index in [2.05, 4.69) is 10.2 Å². The number of fused-ring (bicyclic) bond motifs is 1. The van der Waals surface area contributed by atoms with Crippen molar-refractivity contribution in [3.05, 3.63) is 81.9 Å². The number of carboxylic acids is 1. The highest BCUT2D eigenvalue weighted by Crippen LogP contribution is 2.32. The van der Waals surface area contributed by atoms with Gasteiger partial charge >= 0.3 is 5.97 Å². The van der Waals surface area contributed by atoms with Crippen molar-refractivity contribution in [2.24, 2.45) is 0 Å². The number of carbonyl (C=O) groups is 2. The second kappa shape index (κ2) is 10.3. The van der Waals surface area contributed by atoms with Crippen LogP contribution in [0.5, 0.6) is 11.5 Å². The molecule has 2 N–H and O–H groups in total. The SMILES string of the molecule is Cc1cc(C(=O)Nc2cc(CC(=O)O)ccc2Cl)c(C)cc1OC[C@@H]1CN(C)c2ccccc2O1. The minimum atomic E-state index is -0.957. The van der Waals surface area contributed by atoms with E-state index in [9.17, 15) is 9.59 Å². The summed E-state index contributed by atoms with van der Waals surface area (Å²) in [6, 6.07) is 16.3. The van der Waals surface area contributed by atoms with Crippen molar-refractivity contribution in [1.82, 2.24) is 0 Å². The Labute approximate surface area is 209 Å². The van der Waals surface area contributed by atoms with E-state index in [1.807, 2.05) is 51.2 Å². The molecule has 7 nitrogen and oxygen atoms in total. The minimum absolute atomic E-state index is 0.127. The monoisotopic (exact) mass is 494 g/mol. The first-order valence-electron chi connectivity index (χ1n) is 11.2. The van der Waals surface area contributed by atoms with Gasteiger partial charge in [-0.2, -0.15) is 0 Å². The van der Waals surface area contributed by atoms with Crippen LogP contribution in [0.25, 0.3) is 0 Å². The molecule has 0 spiro atoms. The van der Waals surface area contributed by atoms with Crippen LogP contribution in [0.1, 0.15) is 27.0 Å². The van der Waals surface area contributed by atoms with Crippen LogP contribution in [0.15, 0.2) is 54.6 Å². The van der Waals surface area contributed by atoms with Crippen LogP contribution < -0.4 is 19.7 Å². The summed E-state index contributed by atoms with van der Waals surface area (Å²) in [5.74, 6) is 0.230. The number of carbonyl (C=O) groups excluding carboxylic acids is 1. The van der Waals surface area contributed by atoms with E-state index in [0.29, 0.717) is 40.7 Å². The van der Waals surface area contributed by atoms with Gasteiger partial charge in [0.05, 0.1) is 29.4 Å². The topological polar surface area (TPSA) is 88.1 Å². The highest BCUT2D eigenvalue weighted by Gasteiger charge is 2.24. The molecule has 1 heterocycles. The molecule has 3 aromatic rings. The molecule has 8 heteroatoms. The van der Waals surface area contributed by atoms with E-state index >= 15 is 0 Å². The number of hydrogen-bond acceptors (Lipinski definition) is 5. The summed E-state index contributed by atoms with van der Waals surface area (Å²) >= 11 is 6.22. The predicted octanol–water partition coefficient (Wildman–Crippen LogP) is 5.11. The van der Waals surface area contributed by atoms with Crippen LogP contribution in [0, 0.1) is 13.8 Å². The van der Waals surface area contributed by atoms with E-state index in [1.165, 1.54) is 0 Å². The fraction of sp³-hybridized carbons (Fsp3) is 0.259. The Balaban J connectivity index is 1.44. The van der Waals surface area contributed by atoms with Crippen molar-refractivity contribution >= 4 is 34.9 Å². The van der Waals surface area contributed by atoms with E-state index in [1.54, 1.807) is 24.3 Å². The van der Waals surface area contributed by atoms with Crippen LogP contribution in [0.2, 0.25) is 5.02 Å². The first-order valence-corrected chi connectivity index (χ1v) is 11.6. The number of aliphatic carboxylic acids is 1. The molecule has 0 saturated carbocycles. The molecule has 0 saturated heterocycles. The lowest BCUT2D eigenvalue weighted by molar-refractivity contribution is -0.136. The normalized spacial score (nSPS) is 14.6. The number of likely N-dealkylation sites (N-methyl/N-ethyl adjacent to an activating group) is 1. The number of hydrogen-bond donors (Lipinski definition) is 2. The maximum absolute atomic E-state index is 13.0. The van der Waals surface area contributed by atoms with E-state index < -0.39 is 5.97 Å². The fourth-order valence-electron chi connectivity index (χ4n) is 4.09. The number of para-hydroxylation sites is 2. The summed E-state index contributed by atoms with van der Waals surface area (Å²) in [6.07, 6.45) is -0.283. The second-order valence-electron chi connectivity index (χ2n) is 8.67. The van der Waals surface area contributed by atoms with Crippen LogP contribution in [-0.2, 0) is 11.2 Å². The summed E-state index contributed by atoms with van der Waals surface area (Å²) < 4.78 is 12.2. The molecule has 0 unspecified atom stereocenters. The zero-order chi connectivity index (χ0) is 25.1. The van der Waals surface area contributed by atoms with Crippen molar-refractivity contribution < 1.29 is 24.2 Å². The number of amides is 1. The Morgan fingerprint density at radius 1 is 1.14 bits per heavy atom. The minimum Gasteiger partial charge on any atom is -0.489 e. The van der Waals surface area contributed by atoms with Crippen LogP contribution in [-0.4, -0.2) is 43.3 Å². The van der Waals surface area contributed by atoms with Crippen molar-refractivity contribution in [3.8, 4) is 11.5 Å². The predicted molar refractivity (Wildman–Crippen MR) is 136 cm³/mol. The van der Waals surface area contributed by atoms with Gasteiger partial charge in [0, 0.05) is 12.6 Å². The highest BCUT2D eigenvalue weighted by molar-refractivity contribution is 6.34. The van der Waals surface area contributed by atoms with Gasteiger partial charge in [0.15, 0.2) is 0 Å². The number of nitrogens with one attached hydrogen (secondary N) is 1. The average Bonchev–Trinajstić information content (AvgIpc) is 2.81. The van der Waals surface area contributed by atoms with Gasteiger partial charge in [-0.3, -0.25) is 9.59 Å². The maximum Gasteiger partial charge on any atom is 0.307 e. The smallest absolute Gasteiger partial charge is 0.307 e. The molecule has 1 atom stereocenters. The van der Waals surface area contributed by atoms with Crippen LogP contribution in [0.3, 0.4) is 0 Å². The van der Waals surface area contributed by atoms with Gasteiger partial charge < -0.3 is 24.8 Å². The number of ether oxygens (including phenoxy) is 2. The molecule has 0 radical (unpaired) electrons. The largest absolute Gasteiger partial charge is 0.489 e. The Bertz CT molecular complexity index is 1280.